The minimum absolute atomic E-state index is 0.0486. The number of aliphatic hydroxyl groups is 1. The third-order valence-corrected chi connectivity index (χ3v) is 4.13. The molecule has 0 aliphatic heterocycles. The molecule has 1 aromatic rings. The maximum absolute atomic E-state index is 9.72. The summed E-state index contributed by atoms with van der Waals surface area (Å²) >= 11 is 3.56. The van der Waals surface area contributed by atoms with Gasteiger partial charge in [0.25, 0.3) is 0 Å². The van der Waals surface area contributed by atoms with E-state index in [1.54, 1.807) is 0 Å². The Kier molecular flexibility index (Phi) is 3.81. The number of aryl methyl sites for hydroxylation is 1. The van der Waals surface area contributed by atoms with Crippen molar-refractivity contribution in [2.24, 2.45) is 5.92 Å². The predicted molar refractivity (Wildman–Crippen MR) is 65.8 cm³/mol. The summed E-state index contributed by atoms with van der Waals surface area (Å²) in [5.74, 6) is 0.525. The summed E-state index contributed by atoms with van der Waals surface area (Å²) in [5.41, 5.74) is 1.36. The highest BCUT2D eigenvalue weighted by atomic mass is 79.9. The van der Waals surface area contributed by atoms with Crippen molar-refractivity contribution in [2.45, 2.75) is 38.2 Å². The maximum Gasteiger partial charge on any atom is 0.0568 e. The van der Waals surface area contributed by atoms with E-state index in [1.165, 1.54) is 22.9 Å². The zero-order valence-electron chi connectivity index (χ0n) is 8.82. The molecule has 0 aromatic heterocycles. The Hall–Kier alpha value is -0.340. The van der Waals surface area contributed by atoms with Crippen molar-refractivity contribution in [1.82, 2.24) is 0 Å². The van der Waals surface area contributed by atoms with E-state index in [1.807, 2.05) is 6.07 Å². The lowest BCUT2D eigenvalue weighted by Crippen LogP contribution is -2.13. The molecule has 1 N–H and O–H groups in total. The van der Waals surface area contributed by atoms with Gasteiger partial charge in [-0.05, 0) is 43.2 Å². The van der Waals surface area contributed by atoms with E-state index in [2.05, 4.69) is 34.1 Å². The van der Waals surface area contributed by atoms with Crippen LogP contribution in [0.15, 0.2) is 28.7 Å². The monoisotopic (exact) mass is 268 g/mol. The average Bonchev–Trinajstić information content (AvgIpc) is 2.63. The molecule has 1 saturated carbocycles. The Morgan fingerprint density at radius 1 is 1.27 bits per heavy atom. The number of halogens is 1. The Morgan fingerprint density at radius 2 is 2.07 bits per heavy atom. The fourth-order valence-corrected chi connectivity index (χ4v) is 2.88. The van der Waals surface area contributed by atoms with Crippen LogP contribution in [0.4, 0.5) is 0 Å². The molecule has 82 valence electrons. The third-order valence-electron chi connectivity index (χ3n) is 3.36. The van der Waals surface area contributed by atoms with Gasteiger partial charge in [-0.1, -0.05) is 40.5 Å². The summed E-state index contributed by atoms with van der Waals surface area (Å²) in [4.78, 5) is 0. The number of benzene rings is 1. The molecule has 2 heteroatoms. The molecule has 0 saturated heterocycles. The van der Waals surface area contributed by atoms with Crippen LogP contribution in [-0.2, 0) is 6.42 Å². The van der Waals surface area contributed by atoms with E-state index in [0.29, 0.717) is 5.92 Å². The van der Waals surface area contributed by atoms with Crippen molar-refractivity contribution < 1.29 is 5.11 Å². The van der Waals surface area contributed by atoms with Crippen LogP contribution >= 0.6 is 15.9 Å². The Labute approximate surface area is 99.6 Å². The molecule has 1 aromatic carbocycles. The van der Waals surface area contributed by atoms with E-state index >= 15 is 0 Å². The number of aliphatic hydroxyl groups excluding tert-OH is 1. The van der Waals surface area contributed by atoms with E-state index in [9.17, 15) is 5.11 Å². The molecule has 0 amide bonds. The molecule has 1 aliphatic rings. The van der Waals surface area contributed by atoms with Crippen molar-refractivity contribution in [3.63, 3.8) is 0 Å². The highest BCUT2D eigenvalue weighted by molar-refractivity contribution is 9.10. The Balaban J connectivity index is 1.90. The lowest BCUT2D eigenvalue weighted by atomic mass is 9.97. The van der Waals surface area contributed by atoms with Gasteiger partial charge in [0, 0.05) is 4.47 Å². The standard InChI is InChI=1S/C13H17BrO/c14-12-6-2-1-4-10(12)8-9-11-5-3-7-13(11)15/h1-2,4,6,11,13,15H,3,5,7-9H2. The second-order valence-electron chi connectivity index (χ2n) is 4.39. The topological polar surface area (TPSA) is 20.2 Å². The van der Waals surface area contributed by atoms with E-state index in [4.69, 9.17) is 0 Å². The molecular weight excluding hydrogens is 252 g/mol. The van der Waals surface area contributed by atoms with E-state index < -0.39 is 0 Å². The average molecular weight is 269 g/mol. The molecule has 2 unspecified atom stereocenters. The van der Waals surface area contributed by atoms with Gasteiger partial charge in [-0.3, -0.25) is 0 Å². The normalized spacial score (nSPS) is 25.7. The third kappa shape index (κ3) is 2.82. The Bertz CT molecular complexity index is 324. The fraction of sp³-hybridized carbons (Fsp3) is 0.538. The minimum atomic E-state index is -0.0486. The molecule has 0 bridgehead atoms. The second-order valence-corrected chi connectivity index (χ2v) is 5.24. The van der Waals surface area contributed by atoms with Crippen molar-refractivity contribution in [2.75, 3.05) is 0 Å². The van der Waals surface area contributed by atoms with Crippen molar-refractivity contribution in [1.29, 1.82) is 0 Å². The summed E-state index contributed by atoms with van der Waals surface area (Å²) in [6.45, 7) is 0. The first kappa shape index (κ1) is 11.2. The van der Waals surface area contributed by atoms with E-state index in [-0.39, 0.29) is 6.10 Å². The van der Waals surface area contributed by atoms with Crippen LogP contribution in [-0.4, -0.2) is 11.2 Å². The lowest BCUT2D eigenvalue weighted by Gasteiger charge is -2.14. The van der Waals surface area contributed by atoms with Gasteiger partial charge >= 0.3 is 0 Å². The van der Waals surface area contributed by atoms with Gasteiger partial charge in [-0.25, -0.2) is 0 Å². The van der Waals surface area contributed by atoms with Gasteiger partial charge < -0.3 is 5.11 Å². The number of hydrogen-bond acceptors (Lipinski definition) is 1. The van der Waals surface area contributed by atoms with Gasteiger partial charge in [0.2, 0.25) is 0 Å². The quantitative estimate of drug-likeness (QED) is 0.889. The van der Waals surface area contributed by atoms with Gasteiger partial charge in [-0.2, -0.15) is 0 Å². The van der Waals surface area contributed by atoms with Crippen LogP contribution in [0.5, 0.6) is 0 Å². The molecule has 0 heterocycles. The smallest absolute Gasteiger partial charge is 0.0568 e. The first-order chi connectivity index (χ1) is 7.27. The summed E-state index contributed by atoms with van der Waals surface area (Å²) in [6, 6.07) is 8.36. The maximum atomic E-state index is 9.72. The summed E-state index contributed by atoms with van der Waals surface area (Å²) < 4.78 is 1.19. The van der Waals surface area contributed by atoms with Crippen molar-refractivity contribution in [3.8, 4) is 0 Å². The first-order valence-electron chi connectivity index (χ1n) is 5.69. The molecule has 0 spiro atoms. The van der Waals surface area contributed by atoms with Gasteiger partial charge in [0.05, 0.1) is 6.10 Å². The van der Waals surface area contributed by atoms with Crippen molar-refractivity contribution in [3.05, 3.63) is 34.3 Å². The van der Waals surface area contributed by atoms with Gasteiger partial charge in [-0.15, -0.1) is 0 Å². The largest absolute Gasteiger partial charge is 0.393 e. The molecule has 2 rings (SSSR count). The molecule has 1 aliphatic carbocycles. The minimum Gasteiger partial charge on any atom is -0.393 e. The molecule has 1 nitrogen and oxygen atoms in total. The SMILES string of the molecule is OC1CCCC1CCc1ccccc1Br. The molecular formula is C13H17BrO. The van der Waals surface area contributed by atoms with Crippen LogP contribution in [0, 0.1) is 5.92 Å². The first-order valence-corrected chi connectivity index (χ1v) is 6.48. The second kappa shape index (κ2) is 5.13. The molecule has 2 atom stereocenters. The van der Waals surface area contributed by atoms with Crippen LogP contribution < -0.4 is 0 Å². The van der Waals surface area contributed by atoms with Crippen LogP contribution in [0.3, 0.4) is 0 Å². The van der Waals surface area contributed by atoms with Gasteiger partial charge in [0.15, 0.2) is 0 Å². The van der Waals surface area contributed by atoms with Gasteiger partial charge in [0.1, 0.15) is 0 Å². The lowest BCUT2D eigenvalue weighted by molar-refractivity contribution is 0.128. The summed E-state index contributed by atoms with van der Waals surface area (Å²) in [7, 11) is 0. The zero-order valence-corrected chi connectivity index (χ0v) is 10.4. The van der Waals surface area contributed by atoms with E-state index in [0.717, 1.165) is 19.3 Å². The number of hydrogen-bond donors (Lipinski definition) is 1. The van der Waals surface area contributed by atoms with Crippen LogP contribution in [0.2, 0.25) is 0 Å². The van der Waals surface area contributed by atoms with Crippen LogP contribution in [0.25, 0.3) is 0 Å². The highest BCUT2D eigenvalue weighted by Crippen LogP contribution is 2.30. The highest BCUT2D eigenvalue weighted by Gasteiger charge is 2.24. The molecule has 15 heavy (non-hydrogen) atoms. The van der Waals surface area contributed by atoms with Crippen molar-refractivity contribution >= 4 is 15.9 Å². The number of rotatable bonds is 3. The predicted octanol–water partition coefficient (Wildman–Crippen LogP) is 3.54. The molecule has 0 radical (unpaired) electrons. The van der Waals surface area contributed by atoms with Crippen LogP contribution in [0.1, 0.15) is 31.2 Å². The zero-order chi connectivity index (χ0) is 10.7. The molecule has 1 fully saturated rings. The Morgan fingerprint density at radius 3 is 2.73 bits per heavy atom. The fourth-order valence-electron chi connectivity index (χ4n) is 2.40. The summed E-state index contributed by atoms with van der Waals surface area (Å²) in [6.07, 6.45) is 5.54. The summed E-state index contributed by atoms with van der Waals surface area (Å²) in [5, 5.41) is 9.72.